The van der Waals surface area contributed by atoms with Crippen molar-refractivity contribution < 1.29 is 14.4 Å². The standard InChI is InChI=1S/C10H10N2O3/c1-7(13)15-12-9-4-3-5-10(14-2)8(9)6-11-12/h3-6H,1-2H3. The van der Waals surface area contributed by atoms with Gasteiger partial charge in [0.1, 0.15) is 11.3 Å². The highest BCUT2D eigenvalue weighted by atomic mass is 16.7. The molecule has 0 amide bonds. The van der Waals surface area contributed by atoms with Crippen LogP contribution in [-0.4, -0.2) is 23.0 Å². The molecular formula is C10H10N2O3. The van der Waals surface area contributed by atoms with E-state index in [9.17, 15) is 4.79 Å². The van der Waals surface area contributed by atoms with Crippen LogP contribution in [0.25, 0.3) is 10.9 Å². The second-order valence-corrected chi connectivity index (χ2v) is 2.99. The van der Waals surface area contributed by atoms with E-state index in [0.717, 1.165) is 5.39 Å². The molecule has 0 spiro atoms. The smallest absolute Gasteiger partial charge is 0.331 e. The third-order valence-electron chi connectivity index (χ3n) is 1.98. The number of ether oxygens (including phenoxy) is 1. The van der Waals surface area contributed by atoms with E-state index < -0.39 is 5.97 Å². The minimum atomic E-state index is -0.414. The highest BCUT2D eigenvalue weighted by Gasteiger charge is 2.08. The van der Waals surface area contributed by atoms with Gasteiger partial charge in [-0.1, -0.05) is 10.9 Å². The Morgan fingerprint density at radius 3 is 2.93 bits per heavy atom. The molecule has 0 atom stereocenters. The van der Waals surface area contributed by atoms with E-state index in [1.165, 1.54) is 11.8 Å². The molecule has 2 rings (SSSR count). The van der Waals surface area contributed by atoms with Crippen molar-refractivity contribution in [2.45, 2.75) is 6.92 Å². The van der Waals surface area contributed by atoms with Crippen molar-refractivity contribution in [1.82, 2.24) is 9.94 Å². The van der Waals surface area contributed by atoms with E-state index >= 15 is 0 Å². The molecule has 15 heavy (non-hydrogen) atoms. The van der Waals surface area contributed by atoms with Gasteiger partial charge in [0.05, 0.1) is 18.7 Å². The van der Waals surface area contributed by atoms with E-state index in [2.05, 4.69) is 5.10 Å². The zero-order valence-electron chi connectivity index (χ0n) is 8.43. The molecule has 0 radical (unpaired) electrons. The Hall–Kier alpha value is -2.04. The summed E-state index contributed by atoms with van der Waals surface area (Å²) in [5.41, 5.74) is 0.699. The van der Waals surface area contributed by atoms with Gasteiger partial charge in [0.25, 0.3) is 0 Å². The van der Waals surface area contributed by atoms with E-state index in [1.54, 1.807) is 19.4 Å². The van der Waals surface area contributed by atoms with Crippen LogP contribution in [0.3, 0.4) is 0 Å². The maximum atomic E-state index is 10.8. The van der Waals surface area contributed by atoms with Gasteiger partial charge in [-0.25, -0.2) is 4.79 Å². The Morgan fingerprint density at radius 1 is 1.47 bits per heavy atom. The molecule has 1 aromatic carbocycles. The van der Waals surface area contributed by atoms with Crippen molar-refractivity contribution in [2.24, 2.45) is 0 Å². The number of hydrogen-bond acceptors (Lipinski definition) is 4. The summed E-state index contributed by atoms with van der Waals surface area (Å²) in [5, 5.41) is 4.74. The number of benzene rings is 1. The van der Waals surface area contributed by atoms with E-state index in [0.29, 0.717) is 11.3 Å². The predicted molar refractivity (Wildman–Crippen MR) is 53.5 cm³/mol. The molecule has 0 saturated carbocycles. The predicted octanol–water partition coefficient (Wildman–Crippen LogP) is 1.02. The second-order valence-electron chi connectivity index (χ2n) is 2.99. The van der Waals surface area contributed by atoms with Gasteiger partial charge in [-0.05, 0) is 12.1 Å². The highest BCUT2D eigenvalue weighted by Crippen LogP contribution is 2.24. The number of nitrogens with zero attached hydrogens (tertiary/aromatic N) is 2. The zero-order chi connectivity index (χ0) is 10.8. The lowest BCUT2D eigenvalue weighted by molar-refractivity contribution is -0.142. The number of rotatable bonds is 2. The molecule has 5 nitrogen and oxygen atoms in total. The fraction of sp³-hybridized carbons (Fsp3) is 0.200. The number of methoxy groups -OCH3 is 1. The lowest BCUT2D eigenvalue weighted by atomic mass is 10.2. The first-order valence-electron chi connectivity index (χ1n) is 4.42. The first kappa shape index (κ1) is 9.51. The van der Waals surface area contributed by atoms with Crippen LogP contribution in [0, 0.1) is 0 Å². The number of hydrogen-bond donors (Lipinski definition) is 0. The average molecular weight is 206 g/mol. The summed E-state index contributed by atoms with van der Waals surface area (Å²) in [6.07, 6.45) is 1.59. The van der Waals surface area contributed by atoms with E-state index in [-0.39, 0.29) is 0 Å². The van der Waals surface area contributed by atoms with Crippen molar-refractivity contribution in [3.05, 3.63) is 24.4 Å². The molecule has 0 aliphatic heterocycles. The van der Waals surface area contributed by atoms with Gasteiger partial charge in [0.2, 0.25) is 0 Å². The molecular weight excluding hydrogens is 196 g/mol. The number of carbonyl (C=O) groups excluding carboxylic acids is 1. The van der Waals surface area contributed by atoms with Crippen LogP contribution in [0.5, 0.6) is 5.75 Å². The molecule has 0 fully saturated rings. The van der Waals surface area contributed by atoms with Gasteiger partial charge in [0.15, 0.2) is 0 Å². The highest BCUT2D eigenvalue weighted by molar-refractivity contribution is 5.85. The Morgan fingerprint density at radius 2 is 2.27 bits per heavy atom. The summed E-state index contributed by atoms with van der Waals surface area (Å²) in [5.74, 6) is 0.286. The largest absolute Gasteiger partial charge is 0.496 e. The van der Waals surface area contributed by atoms with Crippen LogP contribution in [-0.2, 0) is 4.79 Å². The quantitative estimate of drug-likeness (QED) is 0.736. The van der Waals surface area contributed by atoms with Gasteiger partial charge >= 0.3 is 5.97 Å². The molecule has 1 aromatic heterocycles. The topological polar surface area (TPSA) is 53.4 Å². The Bertz CT molecular complexity index is 504. The van der Waals surface area contributed by atoms with Crippen molar-refractivity contribution in [3.8, 4) is 5.75 Å². The Labute approximate surface area is 86.2 Å². The summed E-state index contributed by atoms with van der Waals surface area (Å²) in [6.45, 7) is 1.33. The molecule has 0 aliphatic carbocycles. The van der Waals surface area contributed by atoms with Crippen LogP contribution < -0.4 is 9.57 Å². The third-order valence-corrected chi connectivity index (χ3v) is 1.98. The summed E-state index contributed by atoms with van der Waals surface area (Å²) < 4.78 is 5.15. The van der Waals surface area contributed by atoms with Crippen molar-refractivity contribution in [3.63, 3.8) is 0 Å². The minimum Gasteiger partial charge on any atom is -0.496 e. The van der Waals surface area contributed by atoms with Crippen molar-refractivity contribution in [2.75, 3.05) is 7.11 Å². The molecule has 0 saturated heterocycles. The maximum Gasteiger partial charge on any atom is 0.331 e. The first-order valence-corrected chi connectivity index (χ1v) is 4.42. The molecule has 0 N–H and O–H groups in total. The molecule has 78 valence electrons. The Balaban J connectivity index is 2.55. The van der Waals surface area contributed by atoms with Crippen LogP contribution in [0.4, 0.5) is 0 Å². The summed E-state index contributed by atoms with van der Waals surface area (Å²) >= 11 is 0. The van der Waals surface area contributed by atoms with Gasteiger partial charge in [-0.15, -0.1) is 5.10 Å². The SMILES string of the molecule is COc1cccc2c1cnn2OC(C)=O. The number of aromatic nitrogens is 2. The first-order chi connectivity index (χ1) is 7.22. The zero-order valence-corrected chi connectivity index (χ0v) is 8.43. The lowest BCUT2D eigenvalue weighted by Crippen LogP contribution is -2.17. The van der Waals surface area contributed by atoms with Gasteiger partial charge in [-0.3, -0.25) is 0 Å². The maximum absolute atomic E-state index is 10.8. The van der Waals surface area contributed by atoms with Crippen molar-refractivity contribution in [1.29, 1.82) is 0 Å². The molecule has 2 aromatic rings. The van der Waals surface area contributed by atoms with Crippen LogP contribution in [0.15, 0.2) is 24.4 Å². The summed E-state index contributed by atoms with van der Waals surface area (Å²) in [6, 6.07) is 5.43. The summed E-state index contributed by atoms with van der Waals surface area (Å²) in [4.78, 5) is 16.9. The number of carbonyl (C=O) groups is 1. The minimum absolute atomic E-state index is 0.414. The monoisotopic (exact) mass is 206 g/mol. The van der Waals surface area contributed by atoms with Crippen LogP contribution in [0.1, 0.15) is 6.92 Å². The van der Waals surface area contributed by atoms with Gasteiger partial charge < -0.3 is 9.57 Å². The van der Waals surface area contributed by atoms with Gasteiger partial charge in [-0.2, -0.15) is 0 Å². The normalized spacial score (nSPS) is 10.3. The average Bonchev–Trinajstić information content (AvgIpc) is 2.61. The molecule has 5 heteroatoms. The fourth-order valence-corrected chi connectivity index (χ4v) is 1.37. The lowest BCUT2D eigenvalue weighted by Gasteiger charge is -2.02. The van der Waals surface area contributed by atoms with Crippen molar-refractivity contribution >= 4 is 16.9 Å². The molecule has 0 bridgehead atoms. The van der Waals surface area contributed by atoms with Gasteiger partial charge in [0, 0.05) is 6.92 Å². The number of fused-ring (bicyclic) bond motifs is 1. The third kappa shape index (κ3) is 1.63. The van der Waals surface area contributed by atoms with E-state index in [1.807, 2.05) is 12.1 Å². The molecule has 0 unspecified atom stereocenters. The van der Waals surface area contributed by atoms with Crippen LogP contribution in [0.2, 0.25) is 0 Å². The Kier molecular flexibility index (Phi) is 2.29. The summed E-state index contributed by atoms with van der Waals surface area (Å²) in [7, 11) is 1.58. The van der Waals surface area contributed by atoms with Crippen LogP contribution >= 0.6 is 0 Å². The fourth-order valence-electron chi connectivity index (χ4n) is 1.37. The molecule has 0 aliphatic rings. The second kappa shape index (κ2) is 3.61. The van der Waals surface area contributed by atoms with E-state index in [4.69, 9.17) is 9.57 Å². The molecule has 1 heterocycles.